The molecule has 1 aromatic rings. The molecule has 0 bridgehead atoms. The minimum atomic E-state index is 0.0888. The highest BCUT2D eigenvalue weighted by molar-refractivity contribution is 7.12. The summed E-state index contributed by atoms with van der Waals surface area (Å²) in [4.78, 5) is 16.0. The first-order valence-corrected chi connectivity index (χ1v) is 6.24. The van der Waals surface area contributed by atoms with Crippen LogP contribution in [-0.2, 0) is 11.2 Å². The molecule has 0 aliphatic heterocycles. The van der Waals surface area contributed by atoms with Gasteiger partial charge in [0.25, 0.3) is 0 Å². The number of hydrogen-bond donors (Lipinski definition) is 0. The summed E-state index contributed by atoms with van der Waals surface area (Å²) in [5.74, 6) is 0.0888. The average molecular weight is 234 g/mol. The van der Waals surface area contributed by atoms with E-state index in [1.165, 1.54) is 4.88 Å². The number of thiophene rings is 1. The molecule has 16 heavy (non-hydrogen) atoms. The lowest BCUT2D eigenvalue weighted by Crippen LogP contribution is -2.34. The number of nitriles is 1. The number of aryl methyl sites for hydroxylation is 1. The molecule has 3 nitrogen and oxygen atoms in total. The molecular formula is C12H14N2OS. The Hall–Kier alpha value is -1.34. The van der Waals surface area contributed by atoms with Gasteiger partial charge in [-0.2, -0.15) is 5.26 Å². The molecule has 1 heterocycles. The van der Waals surface area contributed by atoms with Crippen molar-refractivity contribution in [3.63, 3.8) is 0 Å². The molecule has 1 saturated carbocycles. The fourth-order valence-electron chi connectivity index (χ4n) is 1.71. The fraction of sp³-hybridized carbons (Fsp3) is 0.500. The van der Waals surface area contributed by atoms with Crippen LogP contribution in [0.25, 0.3) is 0 Å². The third kappa shape index (κ3) is 2.61. The smallest absolute Gasteiger partial charge is 0.228 e. The zero-order valence-corrected chi connectivity index (χ0v) is 10.1. The lowest BCUT2D eigenvalue weighted by molar-refractivity contribution is -0.130. The van der Waals surface area contributed by atoms with Gasteiger partial charge in [0.2, 0.25) is 5.91 Å². The van der Waals surface area contributed by atoms with Crippen LogP contribution in [0, 0.1) is 18.3 Å². The van der Waals surface area contributed by atoms with Crippen LogP contribution >= 0.6 is 11.3 Å². The van der Waals surface area contributed by atoms with Crippen molar-refractivity contribution in [2.75, 3.05) is 6.54 Å². The van der Waals surface area contributed by atoms with Gasteiger partial charge in [0, 0.05) is 15.8 Å². The SMILES string of the molecule is Cc1ccc(CC(=O)N(CC#N)C2CC2)s1. The normalized spacial score (nSPS) is 14.5. The quantitative estimate of drug-likeness (QED) is 0.749. The fourth-order valence-corrected chi connectivity index (χ4v) is 2.60. The van der Waals surface area contributed by atoms with E-state index in [4.69, 9.17) is 5.26 Å². The van der Waals surface area contributed by atoms with Gasteiger partial charge in [0.1, 0.15) is 6.54 Å². The highest BCUT2D eigenvalue weighted by atomic mass is 32.1. The van der Waals surface area contributed by atoms with Gasteiger partial charge in [0.15, 0.2) is 0 Å². The zero-order chi connectivity index (χ0) is 11.5. The molecule has 0 N–H and O–H groups in total. The standard InChI is InChI=1S/C12H14N2OS/c1-9-2-5-11(16-9)8-12(15)14(7-6-13)10-3-4-10/h2,5,10H,3-4,7-8H2,1H3. The van der Waals surface area contributed by atoms with Gasteiger partial charge in [-0.15, -0.1) is 11.3 Å². The van der Waals surface area contributed by atoms with Crippen molar-refractivity contribution in [3.8, 4) is 6.07 Å². The van der Waals surface area contributed by atoms with Gasteiger partial charge in [-0.25, -0.2) is 0 Å². The van der Waals surface area contributed by atoms with Crippen LogP contribution in [0.3, 0.4) is 0 Å². The summed E-state index contributed by atoms with van der Waals surface area (Å²) in [7, 11) is 0. The molecule has 2 rings (SSSR count). The minimum Gasteiger partial charge on any atom is -0.326 e. The highest BCUT2D eigenvalue weighted by Crippen LogP contribution is 2.27. The number of carbonyl (C=O) groups excluding carboxylic acids is 1. The largest absolute Gasteiger partial charge is 0.326 e. The Kier molecular flexibility index (Phi) is 3.25. The van der Waals surface area contributed by atoms with Crippen LogP contribution in [0.2, 0.25) is 0 Å². The molecule has 0 spiro atoms. The minimum absolute atomic E-state index is 0.0888. The summed E-state index contributed by atoms with van der Waals surface area (Å²) in [5, 5.41) is 8.69. The van der Waals surface area contributed by atoms with Gasteiger partial charge in [-0.3, -0.25) is 4.79 Å². The predicted octanol–water partition coefficient (Wildman–Crippen LogP) is 2.11. The van der Waals surface area contributed by atoms with Crippen LogP contribution in [0.15, 0.2) is 12.1 Å². The molecule has 0 radical (unpaired) electrons. The van der Waals surface area contributed by atoms with Gasteiger partial charge in [-0.05, 0) is 31.9 Å². The Bertz CT molecular complexity index is 428. The van der Waals surface area contributed by atoms with Crippen molar-refractivity contribution in [1.29, 1.82) is 5.26 Å². The van der Waals surface area contributed by atoms with E-state index in [1.54, 1.807) is 16.2 Å². The topological polar surface area (TPSA) is 44.1 Å². The third-order valence-electron chi connectivity index (χ3n) is 2.67. The van der Waals surface area contributed by atoms with Crippen molar-refractivity contribution < 1.29 is 4.79 Å². The van der Waals surface area contributed by atoms with Crippen molar-refractivity contribution >= 4 is 17.2 Å². The van der Waals surface area contributed by atoms with E-state index in [1.807, 2.05) is 19.1 Å². The molecule has 0 saturated heterocycles. The molecule has 0 unspecified atom stereocenters. The maximum absolute atomic E-state index is 12.0. The van der Waals surface area contributed by atoms with E-state index < -0.39 is 0 Å². The Morgan fingerprint density at radius 3 is 2.88 bits per heavy atom. The Balaban J connectivity index is 1.98. The van der Waals surface area contributed by atoms with Gasteiger partial charge < -0.3 is 4.90 Å². The first-order chi connectivity index (χ1) is 7.70. The van der Waals surface area contributed by atoms with E-state index >= 15 is 0 Å². The third-order valence-corrected chi connectivity index (χ3v) is 3.67. The van der Waals surface area contributed by atoms with Crippen molar-refractivity contribution in [2.45, 2.75) is 32.2 Å². The van der Waals surface area contributed by atoms with Crippen LogP contribution in [0.1, 0.15) is 22.6 Å². The van der Waals surface area contributed by atoms with Crippen LogP contribution in [0.5, 0.6) is 0 Å². The molecule has 84 valence electrons. The Labute approximate surface area is 99.3 Å². The van der Waals surface area contributed by atoms with Crippen LogP contribution < -0.4 is 0 Å². The molecule has 0 atom stereocenters. The van der Waals surface area contributed by atoms with Crippen LogP contribution in [-0.4, -0.2) is 23.4 Å². The molecule has 1 aromatic heterocycles. The summed E-state index contributed by atoms with van der Waals surface area (Å²) >= 11 is 1.65. The van der Waals surface area contributed by atoms with Gasteiger partial charge >= 0.3 is 0 Å². The van der Waals surface area contributed by atoms with E-state index in [2.05, 4.69) is 6.07 Å². The second-order valence-electron chi connectivity index (χ2n) is 4.10. The molecule has 1 fully saturated rings. The van der Waals surface area contributed by atoms with E-state index in [0.717, 1.165) is 17.7 Å². The van der Waals surface area contributed by atoms with Crippen molar-refractivity contribution in [2.24, 2.45) is 0 Å². The van der Waals surface area contributed by atoms with Crippen molar-refractivity contribution in [3.05, 3.63) is 21.9 Å². The Morgan fingerprint density at radius 2 is 2.38 bits per heavy atom. The molecule has 1 amide bonds. The lowest BCUT2D eigenvalue weighted by Gasteiger charge is -2.18. The summed E-state index contributed by atoms with van der Waals surface area (Å²) in [5.41, 5.74) is 0. The number of nitrogens with zero attached hydrogens (tertiary/aromatic N) is 2. The summed E-state index contributed by atoms with van der Waals surface area (Å²) in [6.45, 7) is 2.26. The van der Waals surface area contributed by atoms with Crippen LogP contribution in [0.4, 0.5) is 0 Å². The number of carbonyl (C=O) groups is 1. The number of rotatable bonds is 4. The molecular weight excluding hydrogens is 220 g/mol. The molecule has 0 aromatic carbocycles. The first kappa shape index (κ1) is 11.2. The summed E-state index contributed by atoms with van der Waals surface area (Å²) in [6, 6.07) is 6.42. The monoisotopic (exact) mass is 234 g/mol. The number of amides is 1. The van der Waals surface area contributed by atoms with E-state index in [-0.39, 0.29) is 12.5 Å². The number of hydrogen-bond acceptors (Lipinski definition) is 3. The van der Waals surface area contributed by atoms with Crippen molar-refractivity contribution in [1.82, 2.24) is 4.90 Å². The maximum Gasteiger partial charge on any atom is 0.228 e. The summed E-state index contributed by atoms with van der Waals surface area (Å²) < 4.78 is 0. The second-order valence-corrected chi connectivity index (χ2v) is 5.47. The van der Waals surface area contributed by atoms with E-state index in [9.17, 15) is 4.79 Å². The van der Waals surface area contributed by atoms with Gasteiger partial charge in [0.05, 0.1) is 12.5 Å². The molecule has 1 aliphatic carbocycles. The van der Waals surface area contributed by atoms with E-state index in [0.29, 0.717) is 12.5 Å². The molecule has 1 aliphatic rings. The second kappa shape index (κ2) is 4.67. The Morgan fingerprint density at radius 1 is 1.62 bits per heavy atom. The predicted molar refractivity (Wildman–Crippen MR) is 63.1 cm³/mol. The highest BCUT2D eigenvalue weighted by Gasteiger charge is 2.32. The van der Waals surface area contributed by atoms with Gasteiger partial charge in [-0.1, -0.05) is 0 Å². The lowest BCUT2D eigenvalue weighted by atomic mass is 10.3. The molecule has 4 heteroatoms. The summed E-state index contributed by atoms with van der Waals surface area (Å²) in [6.07, 6.45) is 2.55. The zero-order valence-electron chi connectivity index (χ0n) is 9.27. The average Bonchev–Trinajstić information content (AvgIpc) is 3.00. The maximum atomic E-state index is 12.0. The first-order valence-electron chi connectivity index (χ1n) is 5.42.